The maximum atomic E-state index is 6.29. The number of pyridine rings is 1. The Bertz CT molecular complexity index is 2380. The third kappa shape index (κ3) is 4.22. The molecule has 0 unspecified atom stereocenters. The smallest absolute Gasteiger partial charge is 0.135 e. The molecule has 2 aromatic heterocycles. The zero-order valence-electron chi connectivity index (χ0n) is 25.8. The van der Waals surface area contributed by atoms with Crippen LogP contribution in [-0.2, 0) is 5.41 Å². The Balaban J connectivity index is 1.17. The van der Waals surface area contributed by atoms with E-state index in [9.17, 15) is 0 Å². The van der Waals surface area contributed by atoms with E-state index >= 15 is 0 Å². The van der Waals surface area contributed by atoms with Crippen molar-refractivity contribution >= 4 is 21.9 Å². The van der Waals surface area contributed by atoms with Gasteiger partial charge in [-0.05, 0) is 87.0 Å². The van der Waals surface area contributed by atoms with E-state index in [1.165, 1.54) is 44.3 Å². The molecule has 6 aromatic carbocycles. The van der Waals surface area contributed by atoms with Crippen molar-refractivity contribution in [2.24, 2.45) is 0 Å². The maximum absolute atomic E-state index is 6.29. The number of rotatable bonds is 4. The molecule has 9 rings (SSSR count). The van der Waals surface area contributed by atoms with Crippen molar-refractivity contribution in [2.75, 3.05) is 0 Å². The Morgan fingerprint density at radius 2 is 1.00 bits per heavy atom. The van der Waals surface area contributed by atoms with Crippen LogP contribution in [-0.4, -0.2) is 4.98 Å². The van der Waals surface area contributed by atoms with E-state index in [1.54, 1.807) is 0 Å². The number of benzene rings is 6. The van der Waals surface area contributed by atoms with Crippen molar-refractivity contribution in [3.63, 3.8) is 0 Å². The summed E-state index contributed by atoms with van der Waals surface area (Å²) in [5.74, 6) is 0. The lowest BCUT2D eigenvalue weighted by atomic mass is 9.82. The van der Waals surface area contributed by atoms with Crippen LogP contribution in [0.5, 0.6) is 0 Å². The molecule has 0 amide bonds. The topological polar surface area (TPSA) is 26.0 Å². The van der Waals surface area contributed by atoms with Crippen molar-refractivity contribution in [1.29, 1.82) is 0 Å². The number of nitrogens with zero attached hydrogens (tertiary/aromatic N) is 1. The summed E-state index contributed by atoms with van der Waals surface area (Å²) in [4.78, 5) is 5.08. The predicted molar refractivity (Wildman–Crippen MR) is 191 cm³/mol. The molecule has 0 radical (unpaired) electrons. The molecule has 8 aromatic rings. The minimum atomic E-state index is -0.114. The largest absolute Gasteiger partial charge is 0.456 e. The van der Waals surface area contributed by atoms with E-state index in [0.29, 0.717) is 0 Å². The minimum absolute atomic E-state index is 0.114. The van der Waals surface area contributed by atoms with Gasteiger partial charge in [0.15, 0.2) is 0 Å². The van der Waals surface area contributed by atoms with Gasteiger partial charge in [-0.1, -0.05) is 123 Å². The highest BCUT2D eigenvalue weighted by atomic mass is 16.3. The summed E-state index contributed by atoms with van der Waals surface area (Å²) in [5, 5.41) is 2.34. The highest BCUT2D eigenvalue weighted by Crippen LogP contribution is 2.51. The van der Waals surface area contributed by atoms with Gasteiger partial charge in [0.2, 0.25) is 0 Å². The van der Waals surface area contributed by atoms with Crippen LogP contribution in [0.3, 0.4) is 0 Å². The predicted octanol–water partition coefficient (Wildman–Crippen LogP) is 12.0. The Hall–Kier alpha value is -5.73. The van der Waals surface area contributed by atoms with E-state index in [-0.39, 0.29) is 5.41 Å². The van der Waals surface area contributed by atoms with Crippen molar-refractivity contribution in [1.82, 2.24) is 4.98 Å². The zero-order valence-corrected chi connectivity index (χ0v) is 25.8. The first kappa shape index (κ1) is 26.7. The molecule has 0 saturated heterocycles. The van der Waals surface area contributed by atoms with Gasteiger partial charge in [-0.2, -0.15) is 0 Å². The zero-order chi connectivity index (χ0) is 30.8. The van der Waals surface area contributed by atoms with Crippen molar-refractivity contribution < 1.29 is 4.42 Å². The first-order valence-electron chi connectivity index (χ1n) is 15.9. The van der Waals surface area contributed by atoms with Crippen LogP contribution in [0.15, 0.2) is 156 Å². The lowest BCUT2D eigenvalue weighted by Gasteiger charge is -2.21. The second-order valence-corrected chi connectivity index (χ2v) is 12.8. The Labute approximate surface area is 268 Å². The average molecular weight is 590 g/mol. The van der Waals surface area contributed by atoms with Gasteiger partial charge in [0.1, 0.15) is 11.2 Å². The number of aromatic nitrogens is 1. The molecule has 0 spiro atoms. The van der Waals surface area contributed by atoms with E-state index < -0.39 is 0 Å². The molecule has 2 nitrogen and oxygen atoms in total. The fraction of sp³-hybridized carbons (Fsp3) is 0.0682. The summed E-state index contributed by atoms with van der Waals surface area (Å²) in [6, 6.07) is 54.1. The summed E-state index contributed by atoms with van der Waals surface area (Å²) in [7, 11) is 0. The molecule has 218 valence electrons. The third-order valence-corrected chi connectivity index (χ3v) is 9.67. The van der Waals surface area contributed by atoms with Gasteiger partial charge in [0, 0.05) is 27.3 Å². The highest BCUT2D eigenvalue weighted by molar-refractivity contribution is 6.08. The molecule has 2 heteroatoms. The number of fused-ring (bicyclic) bond motifs is 6. The quantitative estimate of drug-likeness (QED) is 0.204. The molecular weight excluding hydrogens is 558 g/mol. The Kier molecular flexibility index (Phi) is 5.88. The first-order valence-corrected chi connectivity index (χ1v) is 15.9. The lowest BCUT2D eigenvalue weighted by Crippen LogP contribution is -2.14. The molecule has 1 aliphatic carbocycles. The van der Waals surface area contributed by atoms with E-state index in [1.807, 2.05) is 18.2 Å². The number of hydrogen-bond acceptors (Lipinski definition) is 2. The molecule has 0 atom stereocenters. The van der Waals surface area contributed by atoms with Gasteiger partial charge in [-0.25, -0.2) is 4.98 Å². The monoisotopic (exact) mass is 589 g/mol. The summed E-state index contributed by atoms with van der Waals surface area (Å²) >= 11 is 0. The average Bonchev–Trinajstić information content (AvgIpc) is 3.59. The third-order valence-electron chi connectivity index (χ3n) is 9.67. The Morgan fingerprint density at radius 3 is 1.72 bits per heavy atom. The molecule has 0 bridgehead atoms. The molecule has 0 N–H and O–H groups in total. The van der Waals surface area contributed by atoms with Gasteiger partial charge in [0.05, 0.1) is 11.4 Å². The fourth-order valence-electron chi connectivity index (χ4n) is 7.24. The molecular formula is C44H31NO. The van der Waals surface area contributed by atoms with Crippen LogP contribution in [0, 0.1) is 0 Å². The first-order chi connectivity index (χ1) is 22.5. The van der Waals surface area contributed by atoms with E-state index in [0.717, 1.165) is 44.6 Å². The van der Waals surface area contributed by atoms with Gasteiger partial charge in [-0.3, -0.25) is 0 Å². The highest BCUT2D eigenvalue weighted by Gasteiger charge is 2.36. The van der Waals surface area contributed by atoms with Gasteiger partial charge in [-0.15, -0.1) is 0 Å². The van der Waals surface area contributed by atoms with Crippen LogP contribution < -0.4 is 0 Å². The Morgan fingerprint density at radius 1 is 0.413 bits per heavy atom. The van der Waals surface area contributed by atoms with E-state index in [2.05, 4.69) is 147 Å². The molecule has 0 fully saturated rings. The normalized spacial score (nSPS) is 13.2. The van der Waals surface area contributed by atoms with E-state index in [4.69, 9.17) is 9.40 Å². The second-order valence-electron chi connectivity index (χ2n) is 12.8. The van der Waals surface area contributed by atoms with Crippen LogP contribution in [0.4, 0.5) is 0 Å². The standard InChI is InChI=1S/C44H31NO/c1-44(2)38-21-20-32(23-35(38)36-26-37-34-18-9-10-19-42(34)46-43(37)27-39(36)44)30-16-11-17-31(22-30)33-24-40(28-12-5-3-6-13-28)45-41(25-33)29-14-7-4-8-15-29/h3-27H,1-2H3. The minimum Gasteiger partial charge on any atom is -0.456 e. The van der Waals surface area contributed by atoms with Crippen molar-refractivity contribution in [3.05, 3.63) is 163 Å². The fourth-order valence-corrected chi connectivity index (χ4v) is 7.24. The summed E-state index contributed by atoms with van der Waals surface area (Å²) < 4.78 is 6.29. The van der Waals surface area contributed by atoms with Gasteiger partial charge in [0.25, 0.3) is 0 Å². The van der Waals surface area contributed by atoms with Crippen LogP contribution in [0.2, 0.25) is 0 Å². The van der Waals surface area contributed by atoms with Crippen LogP contribution in [0.25, 0.3) is 77.8 Å². The van der Waals surface area contributed by atoms with Gasteiger partial charge < -0.3 is 4.42 Å². The molecule has 46 heavy (non-hydrogen) atoms. The number of para-hydroxylation sites is 1. The number of hydrogen-bond donors (Lipinski definition) is 0. The summed E-state index contributed by atoms with van der Waals surface area (Å²) in [5.41, 5.74) is 15.9. The molecule has 0 saturated carbocycles. The number of furan rings is 1. The molecule has 1 aliphatic rings. The van der Waals surface area contributed by atoms with Gasteiger partial charge >= 0.3 is 0 Å². The van der Waals surface area contributed by atoms with Crippen LogP contribution in [0.1, 0.15) is 25.0 Å². The van der Waals surface area contributed by atoms with Crippen molar-refractivity contribution in [2.45, 2.75) is 19.3 Å². The summed E-state index contributed by atoms with van der Waals surface area (Å²) in [6.45, 7) is 4.65. The molecule has 0 aliphatic heterocycles. The molecule has 2 heterocycles. The lowest BCUT2D eigenvalue weighted by molar-refractivity contribution is 0.647. The maximum Gasteiger partial charge on any atom is 0.135 e. The van der Waals surface area contributed by atoms with Crippen molar-refractivity contribution in [3.8, 4) is 55.9 Å². The van der Waals surface area contributed by atoms with Crippen LogP contribution >= 0.6 is 0 Å². The summed E-state index contributed by atoms with van der Waals surface area (Å²) in [6.07, 6.45) is 0. The second kappa shape index (κ2) is 10.2. The SMILES string of the molecule is CC1(C)c2ccc(-c3cccc(-c4cc(-c5ccccc5)nc(-c5ccccc5)c4)c3)cc2-c2cc3c(cc21)oc1ccccc13.